The van der Waals surface area contributed by atoms with Crippen LogP contribution in [-0.2, 0) is 23.7 Å². The molecule has 2 aliphatic heterocycles. The normalized spacial score (nSPS) is 47.9. The first-order valence-corrected chi connectivity index (χ1v) is 12.8. The quantitative estimate of drug-likeness (QED) is 0.123. The molecule has 3 rings (SSSR count). The number of hydrogen-bond donors (Lipinski definition) is 12. The van der Waals surface area contributed by atoms with Crippen LogP contribution in [0.5, 0.6) is 0 Å². The molecule has 1 amide bonds. The number of likely N-dealkylation sites (N-methyl/N-ethyl adjacent to an activating group) is 1. The topological polar surface area (TPSA) is 298 Å². The summed E-state index contributed by atoms with van der Waals surface area (Å²) >= 11 is 0. The Kier molecular flexibility index (Phi) is 11.0. The molecule has 3 fully saturated rings. The van der Waals surface area contributed by atoms with E-state index in [1.54, 1.807) is 0 Å². The third-order valence-electron chi connectivity index (χ3n) is 7.50. The molecule has 3 aliphatic rings. The van der Waals surface area contributed by atoms with Gasteiger partial charge < -0.3 is 82.5 Å². The maximum atomic E-state index is 12.4. The molecule has 1 aliphatic carbocycles. The van der Waals surface area contributed by atoms with Crippen molar-refractivity contribution in [2.75, 3.05) is 26.7 Å². The van der Waals surface area contributed by atoms with Gasteiger partial charge in [0.25, 0.3) is 0 Å². The molecule has 0 aromatic carbocycles. The van der Waals surface area contributed by atoms with Gasteiger partial charge in [-0.05, 0) is 20.4 Å². The highest BCUT2D eigenvalue weighted by molar-refractivity contribution is 5.81. The van der Waals surface area contributed by atoms with Crippen LogP contribution in [0.1, 0.15) is 13.3 Å². The van der Waals surface area contributed by atoms with Gasteiger partial charge in [-0.1, -0.05) is 0 Å². The van der Waals surface area contributed by atoms with Gasteiger partial charge in [0.2, 0.25) is 5.91 Å². The molecule has 228 valence electrons. The maximum Gasteiger partial charge on any atom is 0.250 e. The summed E-state index contributed by atoms with van der Waals surface area (Å²) < 4.78 is 22.7. The molecular formula is C22H43N5O12. The van der Waals surface area contributed by atoms with Crippen LogP contribution in [0.3, 0.4) is 0 Å². The number of nitrogens with two attached hydrogens (primary N) is 3. The summed E-state index contributed by atoms with van der Waals surface area (Å²) in [4.78, 5) is 12.4. The molecule has 17 heteroatoms. The number of hydrogen-bond acceptors (Lipinski definition) is 16. The van der Waals surface area contributed by atoms with Crippen LogP contribution in [0.25, 0.3) is 0 Å². The van der Waals surface area contributed by atoms with E-state index in [2.05, 4.69) is 10.6 Å². The van der Waals surface area contributed by atoms with Crippen molar-refractivity contribution in [3.63, 3.8) is 0 Å². The van der Waals surface area contributed by atoms with Crippen LogP contribution >= 0.6 is 0 Å². The third kappa shape index (κ3) is 6.85. The van der Waals surface area contributed by atoms with Crippen molar-refractivity contribution in [2.45, 2.75) is 105 Å². The predicted octanol–water partition coefficient (Wildman–Crippen LogP) is -7.52. The largest absolute Gasteiger partial charge is 0.388 e. The first kappa shape index (κ1) is 32.4. The molecule has 17 nitrogen and oxygen atoms in total. The number of aliphatic hydroxyl groups is 7. The van der Waals surface area contributed by atoms with E-state index in [0.29, 0.717) is 0 Å². The standard InChI is InChI=1S/C22H43N5O12/c1-22(35)6-36-20(15(33)18(22)26-2)39-17-8(27-19(34)9(28)4-23)3-7(25)16(14(17)32)38-21-13(31)12(30)11(29)10(5-24)37-21/h7-18,20-21,26,28-33,35H,3-6,23-25H2,1-2H3,(H,27,34)/t7-,8+,9-,10-,11-,12+,13-,14-,15+,16+,17-,18+,20+,21-,22-/m0/s1. The Morgan fingerprint density at radius 2 is 1.67 bits per heavy atom. The minimum Gasteiger partial charge on any atom is -0.388 e. The lowest BCUT2D eigenvalue weighted by molar-refractivity contribution is -0.330. The minimum atomic E-state index is -1.72. The second kappa shape index (κ2) is 13.2. The number of ether oxygens (including phenoxy) is 4. The lowest BCUT2D eigenvalue weighted by Gasteiger charge is -2.49. The molecule has 0 radical (unpaired) electrons. The van der Waals surface area contributed by atoms with Gasteiger partial charge in [0.1, 0.15) is 60.5 Å². The molecule has 39 heavy (non-hydrogen) atoms. The van der Waals surface area contributed by atoms with Crippen LogP contribution in [0.2, 0.25) is 0 Å². The molecule has 15 N–H and O–H groups in total. The Balaban J connectivity index is 1.84. The van der Waals surface area contributed by atoms with E-state index in [1.807, 2.05) is 0 Å². The zero-order valence-corrected chi connectivity index (χ0v) is 21.8. The van der Waals surface area contributed by atoms with Crippen LogP contribution in [-0.4, -0.2) is 160 Å². The first-order valence-electron chi connectivity index (χ1n) is 12.8. The molecule has 2 heterocycles. The van der Waals surface area contributed by atoms with E-state index in [9.17, 15) is 40.5 Å². The minimum absolute atomic E-state index is 0.0836. The Morgan fingerprint density at radius 1 is 1.03 bits per heavy atom. The number of rotatable bonds is 9. The summed E-state index contributed by atoms with van der Waals surface area (Å²) in [5, 5.41) is 78.5. The molecule has 0 aromatic rings. The molecule has 0 unspecified atom stereocenters. The summed E-state index contributed by atoms with van der Waals surface area (Å²) in [7, 11) is 1.52. The van der Waals surface area contributed by atoms with E-state index < -0.39 is 97.1 Å². The number of amides is 1. The second-order valence-corrected chi connectivity index (χ2v) is 10.5. The van der Waals surface area contributed by atoms with Crippen LogP contribution in [0, 0.1) is 0 Å². The molecular weight excluding hydrogens is 526 g/mol. The average Bonchev–Trinajstić information content (AvgIpc) is 2.89. The van der Waals surface area contributed by atoms with Crippen LogP contribution in [0.15, 0.2) is 0 Å². The van der Waals surface area contributed by atoms with Crippen molar-refractivity contribution < 1.29 is 59.5 Å². The Bertz CT molecular complexity index is 811. The lowest BCUT2D eigenvalue weighted by atomic mass is 9.83. The number of nitrogens with one attached hydrogen (secondary N) is 2. The van der Waals surface area contributed by atoms with Gasteiger partial charge in [-0.3, -0.25) is 4.79 Å². The highest BCUT2D eigenvalue weighted by Crippen LogP contribution is 2.32. The molecule has 15 atom stereocenters. The van der Waals surface area contributed by atoms with Gasteiger partial charge in [-0.15, -0.1) is 0 Å². The van der Waals surface area contributed by atoms with Crippen molar-refractivity contribution in [1.82, 2.24) is 10.6 Å². The lowest BCUT2D eigenvalue weighted by Crippen LogP contribution is -2.70. The van der Waals surface area contributed by atoms with Gasteiger partial charge in [0.15, 0.2) is 12.6 Å². The third-order valence-corrected chi connectivity index (χ3v) is 7.50. The van der Waals surface area contributed by atoms with E-state index in [0.717, 1.165) is 0 Å². The highest BCUT2D eigenvalue weighted by Gasteiger charge is 2.53. The monoisotopic (exact) mass is 569 g/mol. The number of carbonyl (C=O) groups is 1. The fourth-order valence-corrected chi connectivity index (χ4v) is 5.22. The fourth-order valence-electron chi connectivity index (χ4n) is 5.22. The molecule has 2 saturated heterocycles. The number of carbonyl (C=O) groups excluding carboxylic acids is 1. The van der Waals surface area contributed by atoms with Crippen molar-refractivity contribution in [3.05, 3.63) is 0 Å². The maximum absolute atomic E-state index is 12.4. The first-order chi connectivity index (χ1) is 18.3. The van der Waals surface area contributed by atoms with Gasteiger partial charge >= 0.3 is 0 Å². The predicted molar refractivity (Wildman–Crippen MR) is 130 cm³/mol. The van der Waals surface area contributed by atoms with Gasteiger partial charge in [0.05, 0.1) is 18.7 Å². The molecule has 0 aromatic heterocycles. The molecule has 0 spiro atoms. The smallest absolute Gasteiger partial charge is 0.250 e. The van der Waals surface area contributed by atoms with E-state index in [4.69, 9.17) is 36.1 Å². The van der Waals surface area contributed by atoms with Gasteiger partial charge in [-0.25, -0.2) is 0 Å². The highest BCUT2D eigenvalue weighted by atomic mass is 16.7. The Labute approximate surface area is 225 Å². The zero-order valence-electron chi connectivity index (χ0n) is 21.8. The molecule has 1 saturated carbocycles. The van der Waals surface area contributed by atoms with Crippen LogP contribution in [0.4, 0.5) is 0 Å². The van der Waals surface area contributed by atoms with Crippen molar-refractivity contribution in [3.8, 4) is 0 Å². The Hall–Kier alpha value is -1.13. The summed E-state index contributed by atoms with van der Waals surface area (Å²) in [6, 6.07) is -2.92. The average molecular weight is 570 g/mol. The summed E-state index contributed by atoms with van der Waals surface area (Å²) in [5.41, 5.74) is 15.8. The van der Waals surface area contributed by atoms with E-state index in [-0.39, 0.29) is 26.1 Å². The SMILES string of the molecule is CN[C@@H]1[C@@H](O)[C@@H](O[C@@H]2[C@@H](O)[C@H](O[C@@H]3O[C@@H](CN)[C@H](O)[C@@H](O)[C@@H]3O)[C@@H](N)C[C@H]2NC(=O)[C@@H](O)CN)OC[C@]1(C)O. The zero-order chi connectivity index (χ0) is 29.2. The van der Waals surface area contributed by atoms with Crippen molar-refractivity contribution in [1.29, 1.82) is 0 Å². The fraction of sp³-hybridized carbons (Fsp3) is 0.955. The van der Waals surface area contributed by atoms with E-state index >= 15 is 0 Å². The van der Waals surface area contributed by atoms with E-state index in [1.165, 1.54) is 14.0 Å². The van der Waals surface area contributed by atoms with Gasteiger partial charge in [0, 0.05) is 19.1 Å². The molecule has 0 bridgehead atoms. The van der Waals surface area contributed by atoms with Crippen molar-refractivity contribution >= 4 is 5.91 Å². The summed E-state index contributed by atoms with van der Waals surface area (Å²) in [6.45, 7) is 0.634. The Morgan fingerprint density at radius 3 is 2.26 bits per heavy atom. The van der Waals surface area contributed by atoms with Gasteiger partial charge in [-0.2, -0.15) is 0 Å². The second-order valence-electron chi connectivity index (χ2n) is 10.5. The van der Waals surface area contributed by atoms with Crippen molar-refractivity contribution in [2.24, 2.45) is 17.2 Å². The number of aliphatic hydroxyl groups excluding tert-OH is 6. The van der Waals surface area contributed by atoms with Crippen LogP contribution < -0.4 is 27.8 Å². The summed E-state index contributed by atoms with van der Waals surface area (Å²) in [6.07, 6.45) is -16.3. The summed E-state index contributed by atoms with van der Waals surface area (Å²) in [5.74, 6) is -0.857.